The Kier molecular flexibility index (Phi) is 3.18. The number of carbonyl (C=O) groups is 1. The number of carboxylic acid groups (broad SMARTS) is 1. The average Bonchev–Trinajstić information content (AvgIpc) is 2.02. The van der Waals surface area contributed by atoms with E-state index in [1.54, 1.807) is 0 Å². The van der Waals surface area contributed by atoms with Gasteiger partial charge in [-0.05, 0) is 19.4 Å². The molecule has 10 heavy (non-hydrogen) atoms. The topological polar surface area (TPSA) is 89.3 Å². The first-order valence-corrected chi connectivity index (χ1v) is 3.03. The maximum Gasteiger partial charge on any atom is 0.320 e. The monoisotopic (exact) mass is 149 g/mol. The van der Waals surface area contributed by atoms with Crippen LogP contribution in [0, 0.1) is 0 Å². The number of aliphatic carboxylic acids is 1. The third kappa shape index (κ3) is 4.29. The van der Waals surface area contributed by atoms with Gasteiger partial charge in [0.25, 0.3) is 0 Å². The lowest BCUT2D eigenvalue weighted by Gasteiger charge is -2.03. The molecular weight excluding hydrogens is 133 g/mol. The Morgan fingerprint density at radius 2 is 2.40 bits per heavy atom. The molecule has 4 heteroatoms. The van der Waals surface area contributed by atoms with Crippen molar-refractivity contribution in [3.63, 3.8) is 0 Å². The highest BCUT2D eigenvalue weighted by molar-refractivity contribution is 5.72. The van der Waals surface area contributed by atoms with Crippen LogP contribution in [-0.4, -0.2) is 23.7 Å². The number of hydrogen-bond donors (Lipinski definition) is 3. The van der Waals surface area contributed by atoms with Crippen molar-refractivity contribution in [2.24, 2.45) is 11.5 Å². The minimum absolute atomic E-state index is 0.274. The smallest absolute Gasteiger partial charge is 0.320 e. The largest absolute Gasteiger partial charge is 0.480 e. The Labute approximate surface area is 63.0 Å². The van der Waals surface area contributed by atoms with Gasteiger partial charge < -0.3 is 16.6 Å². The molecule has 0 fully saturated rings. The van der Waals surface area contributed by atoms with E-state index < -0.39 is 24.8 Å². The van der Waals surface area contributed by atoms with Crippen LogP contribution in [-0.2, 0) is 4.79 Å². The summed E-state index contributed by atoms with van der Waals surface area (Å²) in [5, 5.41) is 8.41. The van der Waals surface area contributed by atoms with Crippen LogP contribution >= 0.6 is 0 Å². The van der Waals surface area contributed by atoms with Crippen molar-refractivity contribution >= 4 is 5.97 Å². The molecule has 5 N–H and O–H groups in total. The van der Waals surface area contributed by atoms with Gasteiger partial charge in [0.05, 0.1) is 0 Å². The van der Waals surface area contributed by atoms with Crippen LogP contribution in [0.3, 0.4) is 0 Å². The predicted molar refractivity (Wildman–Crippen MR) is 38.5 cm³/mol. The van der Waals surface area contributed by atoms with Gasteiger partial charge >= 0.3 is 5.97 Å². The number of nitrogens with two attached hydrogens (primary N) is 2. The molecule has 0 rings (SSSR count). The van der Waals surface area contributed by atoms with Crippen molar-refractivity contribution in [3.05, 3.63) is 0 Å². The Bertz CT molecular complexity index is 156. The molecule has 0 bridgehead atoms. The lowest BCUT2D eigenvalue weighted by molar-refractivity contribution is -0.138. The summed E-state index contributed by atoms with van der Waals surface area (Å²) in [5.41, 5.74) is 10.3. The highest BCUT2D eigenvalue weighted by Gasteiger charge is 2.09. The molecule has 3 atom stereocenters. The molecule has 0 aromatic rings. The molecule has 0 aromatic heterocycles. The lowest BCUT2D eigenvalue weighted by atomic mass is 10.2. The molecule has 60 valence electrons. The molecule has 0 heterocycles. The van der Waals surface area contributed by atoms with Gasteiger partial charge in [0.1, 0.15) is 6.04 Å². The zero-order valence-electron chi connectivity index (χ0n) is 7.66. The summed E-state index contributed by atoms with van der Waals surface area (Å²) in [7, 11) is 0. The molecule has 0 radical (unpaired) electrons. The zero-order chi connectivity index (χ0) is 9.72. The maximum absolute atomic E-state index is 10.3. The second-order valence-electron chi connectivity index (χ2n) is 1.87. The van der Waals surface area contributed by atoms with Gasteiger partial charge in [0.2, 0.25) is 0 Å². The third-order valence-corrected chi connectivity index (χ3v) is 0.962. The standard InChI is InChI=1S/C6H14N2O2/c7-4-2-1-3-5(8)6(9)10/h5H,1-4,7-8H2,(H,9,10)/i1D,3D,6+1. The van der Waals surface area contributed by atoms with Crippen molar-refractivity contribution in [1.82, 2.24) is 0 Å². The average molecular weight is 149 g/mol. The molecule has 3 unspecified atom stereocenters. The highest BCUT2D eigenvalue weighted by atomic mass is 16.5. The number of hydrogen-bond acceptors (Lipinski definition) is 3. The van der Waals surface area contributed by atoms with Gasteiger partial charge in [-0.3, -0.25) is 4.79 Å². The molecule has 0 aliphatic heterocycles. The predicted octanol–water partition coefficient (Wildman–Crippen LogP) is -0.473. The first kappa shape index (κ1) is 6.12. The van der Waals surface area contributed by atoms with Crippen LogP contribution < -0.4 is 11.5 Å². The van der Waals surface area contributed by atoms with Crippen LogP contribution in [0.25, 0.3) is 0 Å². The van der Waals surface area contributed by atoms with E-state index in [1.807, 2.05) is 0 Å². The second kappa shape index (κ2) is 5.20. The number of rotatable bonds is 5. The quantitative estimate of drug-likeness (QED) is 0.461. The highest BCUT2D eigenvalue weighted by Crippen LogP contribution is 1.96. The van der Waals surface area contributed by atoms with Gasteiger partial charge in [-0.25, -0.2) is 0 Å². The van der Waals surface area contributed by atoms with E-state index in [9.17, 15) is 4.79 Å². The minimum Gasteiger partial charge on any atom is -0.480 e. The Balaban J connectivity index is 3.99. The van der Waals surface area contributed by atoms with E-state index in [0.29, 0.717) is 6.42 Å². The summed E-state index contributed by atoms with van der Waals surface area (Å²) >= 11 is 0. The van der Waals surface area contributed by atoms with Crippen molar-refractivity contribution in [2.75, 3.05) is 6.54 Å². The van der Waals surface area contributed by atoms with Crippen LogP contribution in [0.15, 0.2) is 0 Å². The van der Waals surface area contributed by atoms with Crippen LogP contribution in [0.5, 0.6) is 0 Å². The van der Waals surface area contributed by atoms with Crippen molar-refractivity contribution in [2.45, 2.75) is 25.3 Å². The van der Waals surface area contributed by atoms with Crippen LogP contribution in [0.2, 0.25) is 0 Å². The van der Waals surface area contributed by atoms with E-state index in [0.717, 1.165) is 0 Å². The molecule has 0 aliphatic carbocycles. The SMILES string of the molecule is [2H]C(CCN)C([2H])C(N)[13C](=O)O. The molecule has 0 saturated heterocycles. The Morgan fingerprint density at radius 3 is 2.80 bits per heavy atom. The first-order valence-electron chi connectivity index (χ1n) is 4.19. The maximum atomic E-state index is 10.3. The third-order valence-electron chi connectivity index (χ3n) is 0.962. The Hall–Kier alpha value is -0.610. The normalized spacial score (nSPS) is 22.2. The lowest BCUT2D eigenvalue weighted by Crippen LogP contribution is -2.29. The molecule has 0 spiro atoms. The molecule has 0 aromatic carbocycles. The summed E-state index contributed by atoms with van der Waals surface area (Å²) in [6.45, 7) is 0.274. The van der Waals surface area contributed by atoms with Gasteiger partial charge in [0, 0.05) is 2.74 Å². The molecule has 0 aliphatic rings. The fraction of sp³-hybridized carbons (Fsp3) is 0.833. The zero-order valence-corrected chi connectivity index (χ0v) is 5.66. The fourth-order valence-corrected chi connectivity index (χ4v) is 0.421. The van der Waals surface area contributed by atoms with Crippen molar-refractivity contribution in [1.29, 1.82) is 0 Å². The van der Waals surface area contributed by atoms with E-state index in [-0.39, 0.29) is 6.54 Å². The molecule has 0 saturated carbocycles. The summed E-state index contributed by atoms with van der Waals surface area (Å²) in [5.74, 6) is -1.25. The molecule has 0 amide bonds. The van der Waals surface area contributed by atoms with Gasteiger partial charge in [0.15, 0.2) is 0 Å². The molecule has 4 nitrogen and oxygen atoms in total. The molecular formula is C6H14N2O2. The summed E-state index contributed by atoms with van der Waals surface area (Å²) in [4.78, 5) is 10.3. The van der Waals surface area contributed by atoms with E-state index in [4.69, 9.17) is 19.3 Å². The van der Waals surface area contributed by atoms with Crippen LogP contribution in [0.4, 0.5) is 0 Å². The second-order valence-corrected chi connectivity index (χ2v) is 1.87. The summed E-state index contributed by atoms with van der Waals surface area (Å²) in [6.07, 6.45) is -1.62. The Morgan fingerprint density at radius 1 is 1.80 bits per heavy atom. The van der Waals surface area contributed by atoms with Gasteiger partial charge in [-0.2, -0.15) is 0 Å². The van der Waals surface area contributed by atoms with Gasteiger partial charge in [-0.15, -0.1) is 0 Å². The van der Waals surface area contributed by atoms with E-state index in [1.165, 1.54) is 0 Å². The summed E-state index contributed by atoms with van der Waals surface area (Å²) < 4.78 is 14.6. The van der Waals surface area contributed by atoms with Crippen molar-refractivity contribution < 1.29 is 12.6 Å². The first-order chi connectivity index (χ1) is 5.50. The van der Waals surface area contributed by atoms with E-state index >= 15 is 0 Å². The van der Waals surface area contributed by atoms with Crippen LogP contribution in [0.1, 0.15) is 22.0 Å². The van der Waals surface area contributed by atoms with Crippen molar-refractivity contribution in [3.8, 4) is 0 Å². The number of carboxylic acids is 1. The fourth-order valence-electron chi connectivity index (χ4n) is 0.421. The van der Waals surface area contributed by atoms with E-state index in [2.05, 4.69) is 0 Å². The van der Waals surface area contributed by atoms with Gasteiger partial charge in [-0.1, -0.05) is 6.40 Å². The minimum atomic E-state index is -1.29. The summed E-state index contributed by atoms with van der Waals surface area (Å²) in [6, 6.07) is -1.29.